The number of nitrogens with zero attached hydrogens (tertiary/aromatic N) is 3. The van der Waals surface area contributed by atoms with Crippen molar-refractivity contribution >= 4 is 35.3 Å². The molecule has 7 heteroatoms. The third-order valence-corrected chi connectivity index (χ3v) is 6.85. The van der Waals surface area contributed by atoms with Gasteiger partial charge in [-0.15, -0.1) is 23.7 Å². The molecule has 1 amide bonds. The third kappa shape index (κ3) is 5.48. The summed E-state index contributed by atoms with van der Waals surface area (Å²) in [4.78, 5) is 21.4. The standard InChI is InChI=1S/C23H31N3O2S.ClH/c1-2-28-22-8-4-3-7-21(22)25-13-15-26(16-14-25)23(27)19-9-11-24(12-10-19)18-20-6-5-17-29-20;/h3-8,17,19H,2,9-16,18H2,1H3;1H. The molecular weight excluding hydrogens is 418 g/mol. The summed E-state index contributed by atoms with van der Waals surface area (Å²) < 4.78 is 5.78. The van der Waals surface area contributed by atoms with Gasteiger partial charge in [-0.05, 0) is 56.4 Å². The number of hydrogen-bond donors (Lipinski definition) is 0. The van der Waals surface area contributed by atoms with Crippen molar-refractivity contribution in [2.75, 3.05) is 50.8 Å². The maximum absolute atomic E-state index is 13.1. The monoisotopic (exact) mass is 449 g/mol. The van der Waals surface area contributed by atoms with Crippen LogP contribution in [0.3, 0.4) is 0 Å². The first kappa shape index (κ1) is 22.9. The number of benzene rings is 1. The number of ether oxygens (including phenoxy) is 1. The molecule has 4 rings (SSSR count). The molecule has 2 aliphatic rings. The molecule has 2 saturated heterocycles. The fourth-order valence-corrected chi connectivity index (χ4v) is 5.13. The Balaban J connectivity index is 0.00000256. The lowest BCUT2D eigenvalue weighted by molar-refractivity contribution is -0.137. The Bertz CT molecular complexity index is 786. The van der Waals surface area contributed by atoms with E-state index in [1.165, 1.54) is 4.88 Å². The van der Waals surface area contributed by atoms with Gasteiger partial charge in [0.2, 0.25) is 5.91 Å². The Morgan fingerprint density at radius 1 is 1.03 bits per heavy atom. The maximum Gasteiger partial charge on any atom is 0.225 e. The summed E-state index contributed by atoms with van der Waals surface area (Å²) in [6.45, 7) is 9.09. The summed E-state index contributed by atoms with van der Waals surface area (Å²) in [6.07, 6.45) is 1.97. The highest BCUT2D eigenvalue weighted by Crippen LogP contribution is 2.29. The number of carbonyl (C=O) groups excluding carboxylic acids is 1. The summed E-state index contributed by atoms with van der Waals surface area (Å²) in [6, 6.07) is 12.5. The molecule has 0 bridgehead atoms. The number of para-hydroxylation sites is 2. The summed E-state index contributed by atoms with van der Waals surface area (Å²) in [5.41, 5.74) is 1.14. The van der Waals surface area contributed by atoms with Crippen LogP contribution in [0.2, 0.25) is 0 Å². The summed E-state index contributed by atoms with van der Waals surface area (Å²) in [5, 5.41) is 2.14. The number of piperidine rings is 1. The van der Waals surface area contributed by atoms with Crippen molar-refractivity contribution in [3.8, 4) is 5.75 Å². The van der Waals surface area contributed by atoms with Crippen LogP contribution in [-0.2, 0) is 11.3 Å². The first-order valence-corrected chi connectivity index (χ1v) is 11.6. The van der Waals surface area contributed by atoms with Crippen molar-refractivity contribution < 1.29 is 9.53 Å². The molecule has 30 heavy (non-hydrogen) atoms. The van der Waals surface area contributed by atoms with Gasteiger partial charge < -0.3 is 14.5 Å². The molecular formula is C23H32ClN3O2S. The Morgan fingerprint density at radius 2 is 1.77 bits per heavy atom. The van der Waals surface area contributed by atoms with Gasteiger partial charge in [-0.3, -0.25) is 9.69 Å². The van der Waals surface area contributed by atoms with Crippen molar-refractivity contribution in [1.29, 1.82) is 0 Å². The minimum atomic E-state index is 0. The molecule has 0 radical (unpaired) electrons. The van der Waals surface area contributed by atoms with E-state index in [0.717, 1.165) is 70.1 Å². The lowest BCUT2D eigenvalue weighted by Gasteiger charge is -2.39. The first-order chi connectivity index (χ1) is 14.2. The third-order valence-electron chi connectivity index (χ3n) is 5.99. The Labute approximate surface area is 190 Å². The smallest absolute Gasteiger partial charge is 0.225 e. The maximum atomic E-state index is 13.1. The molecule has 2 aliphatic heterocycles. The van der Waals surface area contributed by atoms with Crippen LogP contribution in [0.25, 0.3) is 0 Å². The number of amides is 1. The molecule has 0 N–H and O–H groups in total. The minimum Gasteiger partial charge on any atom is -0.492 e. The highest BCUT2D eigenvalue weighted by molar-refractivity contribution is 7.09. The Kier molecular flexibility index (Phi) is 8.42. The van der Waals surface area contributed by atoms with Crippen molar-refractivity contribution in [3.05, 3.63) is 46.7 Å². The lowest BCUT2D eigenvalue weighted by Crippen LogP contribution is -2.51. The molecule has 5 nitrogen and oxygen atoms in total. The van der Waals surface area contributed by atoms with Gasteiger partial charge in [-0.1, -0.05) is 18.2 Å². The number of hydrogen-bond acceptors (Lipinski definition) is 5. The second-order valence-corrected chi connectivity index (χ2v) is 8.88. The van der Waals surface area contributed by atoms with Crippen LogP contribution in [0.1, 0.15) is 24.6 Å². The number of thiophene rings is 1. The molecule has 1 aromatic heterocycles. The molecule has 2 aromatic rings. The zero-order valence-electron chi connectivity index (χ0n) is 17.7. The molecule has 0 saturated carbocycles. The van der Waals surface area contributed by atoms with Gasteiger partial charge in [-0.25, -0.2) is 0 Å². The van der Waals surface area contributed by atoms with Crippen LogP contribution in [0.4, 0.5) is 5.69 Å². The predicted octanol–water partition coefficient (Wildman–Crippen LogP) is 4.13. The van der Waals surface area contributed by atoms with Crippen LogP contribution >= 0.6 is 23.7 Å². The molecule has 1 aromatic carbocycles. The summed E-state index contributed by atoms with van der Waals surface area (Å²) in [5.74, 6) is 1.49. The topological polar surface area (TPSA) is 36.0 Å². The molecule has 0 aliphatic carbocycles. The zero-order chi connectivity index (χ0) is 20.1. The highest BCUT2D eigenvalue weighted by atomic mass is 35.5. The van der Waals surface area contributed by atoms with Gasteiger partial charge in [0, 0.05) is 43.5 Å². The molecule has 0 spiro atoms. The lowest BCUT2D eigenvalue weighted by atomic mass is 9.95. The number of carbonyl (C=O) groups is 1. The Morgan fingerprint density at radius 3 is 2.43 bits per heavy atom. The van der Waals surface area contributed by atoms with Gasteiger partial charge in [0.15, 0.2) is 0 Å². The quantitative estimate of drug-likeness (QED) is 0.664. The van der Waals surface area contributed by atoms with E-state index in [1.54, 1.807) is 0 Å². The minimum absolute atomic E-state index is 0. The second-order valence-electron chi connectivity index (χ2n) is 7.84. The van der Waals surface area contributed by atoms with E-state index in [-0.39, 0.29) is 18.3 Å². The van der Waals surface area contributed by atoms with E-state index < -0.39 is 0 Å². The fraction of sp³-hybridized carbons (Fsp3) is 0.522. The number of anilines is 1. The van der Waals surface area contributed by atoms with Crippen LogP contribution in [0.5, 0.6) is 5.75 Å². The van der Waals surface area contributed by atoms with Gasteiger partial charge in [0.1, 0.15) is 5.75 Å². The van der Waals surface area contributed by atoms with Crippen molar-refractivity contribution in [1.82, 2.24) is 9.80 Å². The summed E-state index contributed by atoms with van der Waals surface area (Å²) >= 11 is 1.82. The van der Waals surface area contributed by atoms with Gasteiger partial charge in [-0.2, -0.15) is 0 Å². The number of piperazine rings is 1. The van der Waals surface area contributed by atoms with E-state index in [1.807, 2.05) is 30.4 Å². The average molecular weight is 450 g/mol. The van der Waals surface area contributed by atoms with E-state index >= 15 is 0 Å². The van der Waals surface area contributed by atoms with Gasteiger partial charge >= 0.3 is 0 Å². The number of likely N-dealkylation sites (tertiary alicyclic amines) is 1. The Hall–Kier alpha value is -1.76. The average Bonchev–Trinajstić information content (AvgIpc) is 3.28. The van der Waals surface area contributed by atoms with E-state index in [4.69, 9.17) is 4.74 Å². The van der Waals surface area contributed by atoms with Crippen LogP contribution < -0.4 is 9.64 Å². The molecule has 164 valence electrons. The van der Waals surface area contributed by atoms with Crippen molar-refractivity contribution in [2.24, 2.45) is 5.92 Å². The highest BCUT2D eigenvalue weighted by Gasteiger charge is 2.30. The van der Waals surface area contributed by atoms with Gasteiger partial charge in [0.05, 0.1) is 12.3 Å². The second kappa shape index (κ2) is 11.0. The predicted molar refractivity (Wildman–Crippen MR) is 126 cm³/mol. The number of rotatable bonds is 6. The van der Waals surface area contributed by atoms with E-state index in [2.05, 4.69) is 44.3 Å². The molecule has 0 atom stereocenters. The summed E-state index contributed by atoms with van der Waals surface area (Å²) in [7, 11) is 0. The van der Waals surface area contributed by atoms with Crippen LogP contribution in [-0.4, -0.2) is 61.6 Å². The largest absolute Gasteiger partial charge is 0.492 e. The van der Waals surface area contributed by atoms with Crippen LogP contribution in [0, 0.1) is 5.92 Å². The van der Waals surface area contributed by atoms with Gasteiger partial charge in [0.25, 0.3) is 0 Å². The van der Waals surface area contributed by atoms with E-state index in [9.17, 15) is 4.79 Å². The SMILES string of the molecule is CCOc1ccccc1N1CCN(C(=O)C2CCN(Cc3cccs3)CC2)CC1.Cl. The fourth-order valence-electron chi connectivity index (χ4n) is 4.38. The van der Waals surface area contributed by atoms with Crippen molar-refractivity contribution in [3.63, 3.8) is 0 Å². The zero-order valence-corrected chi connectivity index (χ0v) is 19.3. The molecule has 2 fully saturated rings. The number of halogens is 1. The van der Waals surface area contributed by atoms with Crippen LogP contribution in [0.15, 0.2) is 41.8 Å². The molecule has 0 unspecified atom stereocenters. The van der Waals surface area contributed by atoms with E-state index in [0.29, 0.717) is 12.5 Å². The normalized spacial score (nSPS) is 18.2. The van der Waals surface area contributed by atoms with Crippen molar-refractivity contribution in [2.45, 2.75) is 26.3 Å². The first-order valence-electron chi connectivity index (χ1n) is 10.7. The molecule has 3 heterocycles.